The first-order chi connectivity index (χ1) is 8.74. The van der Waals surface area contributed by atoms with Gasteiger partial charge in [-0.1, -0.05) is 0 Å². The van der Waals surface area contributed by atoms with Crippen molar-refractivity contribution in [3.8, 4) is 0 Å². The molecule has 0 fully saturated rings. The molecule has 0 radical (unpaired) electrons. The van der Waals surface area contributed by atoms with Gasteiger partial charge < -0.3 is 24.3 Å². The third-order valence-electron chi connectivity index (χ3n) is 2.27. The number of aromatic carboxylic acids is 1. The highest BCUT2D eigenvalue weighted by Crippen LogP contribution is 2.07. The summed E-state index contributed by atoms with van der Waals surface area (Å²) in [4.78, 5) is 10.6. The molecule has 0 aromatic carbocycles. The highest BCUT2D eigenvalue weighted by molar-refractivity contribution is 5.87. The van der Waals surface area contributed by atoms with E-state index in [1.807, 2.05) is 0 Å². The van der Waals surface area contributed by atoms with E-state index >= 15 is 0 Å². The average Bonchev–Trinajstić information content (AvgIpc) is 2.81. The van der Waals surface area contributed by atoms with Gasteiger partial charge in [0.25, 0.3) is 0 Å². The summed E-state index contributed by atoms with van der Waals surface area (Å²) in [5.74, 6) is -0.357. The monoisotopic (exact) mass is 257 g/mol. The lowest BCUT2D eigenvalue weighted by Crippen LogP contribution is -2.16. The van der Waals surface area contributed by atoms with Crippen LogP contribution in [0.3, 0.4) is 0 Å². The van der Waals surface area contributed by atoms with Gasteiger partial charge >= 0.3 is 5.97 Å². The molecule has 0 aliphatic carbocycles. The summed E-state index contributed by atoms with van der Waals surface area (Å²) < 4.78 is 15.2. The Kier molecular flexibility index (Phi) is 7.09. The van der Waals surface area contributed by atoms with Crippen molar-refractivity contribution in [2.75, 3.05) is 33.5 Å². The third kappa shape index (κ3) is 5.81. The number of hydrogen-bond acceptors (Lipinski definition) is 5. The molecule has 0 aliphatic rings. The lowest BCUT2D eigenvalue weighted by molar-refractivity contribution is 0.0694. The van der Waals surface area contributed by atoms with Crippen LogP contribution < -0.4 is 5.32 Å². The van der Waals surface area contributed by atoms with Crippen LogP contribution in [-0.4, -0.2) is 44.6 Å². The molecule has 0 saturated heterocycles. The first-order valence-electron chi connectivity index (χ1n) is 5.82. The van der Waals surface area contributed by atoms with E-state index in [1.54, 1.807) is 7.11 Å². The summed E-state index contributed by atoms with van der Waals surface area (Å²) in [6, 6.07) is 1.52. The normalized spacial score (nSPS) is 10.7. The Hall–Kier alpha value is -1.37. The third-order valence-corrected chi connectivity index (χ3v) is 2.27. The van der Waals surface area contributed by atoms with Crippen LogP contribution in [0.25, 0.3) is 0 Å². The lowest BCUT2D eigenvalue weighted by atomic mass is 10.3. The van der Waals surface area contributed by atoms with Crippen LogP contribution in [0.1, 0.15) is 22.5 Å². The van der Waals surface area contributed by atoms with E-state index in [-0.39, 0.29) is 5.56 Å². The first-order valence-corrected chi connectivity index (χ1v) is 5.82. The maximum Gasteiger partial charge on any atom is 0.338 e. The van der Waals surface area contributed by atoms with E-state index in [1.165, 1.54) is 12.3 Å². The van der Waals surface area contributed by atoms with E-state index in [0.717, 1.165) is 13.0 Å². The fraction of sp³-hybridized carbons (Fsp3) is 0.583. The molecule has 0 unspecified atom stereocenters. The van der Waals surface area contributed by atoms with Crippen molar-refractivity contribution >= 4 is 5.97 Å². The van der Waals surface area contributed by atoms with Gasteiger partial charge in [-0.15, -0.1) is 0 Å². The van der Waals surface area contributed by atoms with Crippen LogP contribution in [-0.2, 0) is 16.0 Å². The predicted octanol–water partition coefficient (Wildman–Crippen LogP) is 1.12. The van der Waals surface area contributed by atoms with Gasteiger partial charge in [0.15, 0.2) is 0 Å². The van der Waals surface area contributed by atoms with Gasteiger partial charge in [-0.25, -0.2) is 4.79 Å². The highest BCUT2D eigenvalue weighted by Gasteiger charge is 2.07. The minimum atomic E-state index is -0.975. The van der Waals surface area contributed by atoms with Crippen LogP contribution in [0.15, 0.2) is 16.7 Å². The molecule has 102 valence electrons. The second kappa shape index (κ2) is 8.68. The summed E-state index contributed by atoms with van der Waals surface area (Å²) in [6.07, 6.45) is 2.13. The number of carbonyl (C=O) groups is 1. The second-order valence-electron chi connectivity index (χ2n) is 3.74. The first kappa shape index (κ1) is 14.7. The van der Waals surface area contributed by atoms with Crippen molar-refractivity contribution < 1.29 is 23.8 Å². The number of rotatable bonds is 10. The fourth-order valence-corrected chi connectivity index (χ4v) is 1.34. The number of hydrogen-bond donors (Lipinski definition) is 2. The molecule has 0 spiro atoms. The Bertz CT molecular complexity index is 350. The molecule has 0 saturated carbocycles. The topological polar surface area (TPSA) is 80.9 Å². The van der Waals surface area contributed by atoms with Crippen molar-refractivity contribution in [1.82, 2.24) is 5.32 Å². The van der Waals surface area contributed by atoms with Crippen molar-refractivity contribution in [2.24, 2.45) is 0 Å². The maximum absolute atomic E-state index is 10.6. The molecule has 2 N–H and O–H groups in total. The molecule has 6 nitrogen and oxygen atoms in total. The summed E-state index contributed by atoms with van der Waals surface area (Å²) in [5.41, 5.74) is 0.176. The standard InChI is InChI=1S/C12H19NO5/c1-16-5-6-17-4-2-3-13-8-11-7-10(9-18-11)12(14)15/h7,9,13H,2-6,8H2,1H3,(H,14,15). The largest absolute Gasteiger partial charge is 0.478 e. The lowest BCUT2D eigenvalue weighted by Gasteiger charge is -2.04. The van der Waals surface area contributed by atoms with E-state index in [2.05, 4.69) is 5.32 Å². The number of nitrogens with one attached hydrogen (secondary N) is 1. The Labute approximate surface area is 106 Å². The Morgan fingerprint density at radius 3 is 2.94 bits per heavy atom. The SMILES string of the molecule is COCCOCCCNCc1cc(C(=O)O)co1. The van der Waals surface area contributed by atoms with Gasteiger partial charge in [-0.3, -0.25) is 0 Å². The summed E-state index contributed by atoms with van der Waals surface area (Å²) in [7, 11) is 1.64. The second-order valence-corrected chi connectivity index (χ2v) is 3.74. The number of methoxy groups -OCH3 is 1. The van der Waals surface area contributed by atoms with Gasteiger partial charge in [0, 0.05) is 13.7 Å². The van der Waals surface area contributed by atoms with Crippen LogP contribution in [0.5, 0.6) is 0 Å². The minimum absolute atomic E-state index is 0.176. The van der Waals surface area contributed by atoms with Crippen LogP contribution in [0.4, 0.5) is 0 Å². The maximum atomic E-state index is 10.6. The number of carboxylic acids is 1. The van der Waals surface area contributed by atoms with Crippen molar-refractivity contribution in [1.29, 1.82) is 0 Å². The van der Waals surface area contributed by atoms with Gasteiger partial charge in [-0.2, -0.15) is 0 Å². The zero-order chi connectivity index (χ0) is 13.2. The summed E-state index contributed by atoms with van der Waals surface area (Å²) >= 11 is 0. The fourth-order valence-electron chi connectivity index (χ4n) is 1.34. The summed E-state index contributed by atoms with van der Waals surface area (Å²) in [6.45, 7) is 3.20. The van der Waals surface area contributed by atoms with E-state index in [9.17, 15) is 4.79 Å². The van der Waals surface area contributed by atoms with Crippen LogP contribution in [0.2, 0.25) is 0 Å². The zero-order valence-electron chi connectivity index (χ0n) is 10.5. The number of furan rings is 1. The van der Waals surface area contributed by atoms with Gasteiger partial charge in [-0.05, 0) is 19.0 Å². The molecule has 0 aliphatic heterocycles. The van der Waals surface area contributed by atoms with Gasteiger partial charge in [0.2, 0.25) is 0 Å². The highest BCUT2D eigenvalue weighted by atomic mass is 16.5. The Morgan fingerprint density at radius 2 is 2.28 bits per heavy atom. The van der Waals surface area contributed by atoms with Crippen molar-refractivity contribution in [2.45, 2.75) is 13.0 Å². The van der Waals surface area contributed by atoms with Gasteiger partial charge in [0.1, 0.15) is 12.0 Å². The Balaban J connectivity index is 2.02. The van der Waals surface area contributed by atoms with E-state index in [4.69, 9.17) is 19.0 Å². The molecular formula is C12H19NO5. The quantitative estimate of drug-likeness (QED) is 0.611. The minimum Gasteiger partial charge on any atom is -0.478 e. The van der Waals surface area contributed by atoms with Crippen molar-refractivity contribution in [3.63, 3.8) is 0 Å². The molecule has 1 heterocycles. The predicted molar refractivity (Wildman–Crippen MR) is 64.7 cm³/mol. The summed E-state index contributed by atoms with van der Waals surface area (Å²) in [5, 5.41) is 11.9. The smallest absolute Gasteiger partial charge is 0.338 e. The zero-order valence-corrected chi connectivity index (χ0v) is 10.5. The molecule has 0 atom stereocenters. The molecular weight excluding hydrogens is 238 g/mol. The molecule has 1 aromatic heterocycles. The van der Waals surface area contributed by atoms with Crippen LogP contribution >= 0.6 is 0 Å². The van der Waals surface area contributed by atoms with Crippen LogP contribution in [0, 0.1) is 0 Å². The van der Waals surface area contributed by atoms with E-state index < -0.39 is 5.97 Å². The molecule has 6 heteroatoms. The molecule has 0 bridgehead atoms. The molecule has 0 amide bonds. The molecule has 1 aromatic rings. The number of carboxylic acid groups (broad SMARTS) is 1. The van der Waals surface area contributed by atoms with Gasteiger partial charge in [0.05, 0.1) is 25.3 Å². The van der Waals surface area contributed by atoms with E-state index in [0.29, 0.717) is 32.1 Å². The van der Waals surface area contributed by atoms with Crippen molar-refractivity contribution in [3.05, 3.63) is 23.7 Å². The number of ether oxygens (including phenoxy) is 2. The Morgan fingerprint density at radius 1 is 1.44 bits per heavy atom. The molecule has 18 heavy (non-hydrogen) atoms. The molecule has 1 rings (SSSR count). The average molecular weight is 257 g/mol.